The maximum absolute atomic E-state index is 11.0. The standard InChI is InChI=1S/C16H21N5O2S/c22-16(23)14-10-21(19-18-14)12-5-2-6-20(8-12)9-13-7-17-15(24-13)11-3-1-4-11/h7,10-12H,1-6,8-9H2,(H,22,23). The van der Waals surface area contributed by atoms with Crippen molar-refractivity contribution in [3.8, 4) is 0 Å². The van der Waals surface area contributed by atoms with Gasteiger partial charge in [0.2, 0.25) is 0 Å². The minimum Gasteiger partial charge on any atom is -0.476 e. The molecule has 2 aliphatic rings. The van der Waals surface area contributed by atoms with Crippen LogP contribution in [-0.2, 0) is 6.54 Å². The molecule has 2 fully saturated rings. The van der Waals surface area contributed by atoms with Crippen LogP contribution < -0.4 is 0 Å². The first-order chi connectivity index (χ1) is 11.7. The second-order valence-corrected chi connectivity index (χ2v) is 7.86. The Morgan fingerprint density at radius 2 is 2.21 bits per heavy atom. The number of thiazole rings is 1. The number of hydrogen-bond acceptors (Lipinski definition) is 6. The lowest BCUT2D eigenvalue weighted by Gasteiger charge is -2.32. The molecule has 1 unspecified atom stereocenters. The average molecular weight is 347 g/mol. The van der Waals surface area contributed by atoms with Crippen LogP contribution in [0.15, 0.2) is 12.4 Å². The van der Waals surface area contributed by atoms with Gasteiger partial charge in [-0.05, 0) is 32.2 Å². The van der Waals surface area contributed by atoms with Gasteiger partial charge < -0.3 is 5.11 Å². The summed E-state index contributed by atoms with van der Waals surface area (Å²) in [6.07, 6.45) is 9.57. The Balaban J connectivity index is 1.39. The molecule has 128 valence electrons. The van der Waals surface area contributed by atoms with Gasteiger partial charge in [-0.15, -0.1) is 16.4 Å². The summed E-state index contributed by atoms with van der Waals surface area (Å²) < 4.78 is 1.71. The number of carboxylic acid groups (broad SMARTS) is 1. The molecule has 0 amide bonds. The van der Waals surface area contributed by atoms with Gasteiger partial charge in [0, 0.05) is 30.1 Å². The van der Waals surface area contributed by atoms with E-state index in [-0.39, 0.29) is 11.7 Å². The molecule has 1 aliphatic carbocycles. The molecule has 7 nitrogen and oxygen atoms in total. The molecule has 0 radical (unpaired) electrons. The fourth-order valence-corrected chi connectivity index (χ4v) is 4.53. The molecule has 0 spiro atoms. The van der Waals surface area contributed by atoms with Crippen molar-refractivity contribution in [2.24, 2.45) is 0 Å². The summed E-state index contributed by atoms with van der Waals surface area (Å²) in [6.45, 7) is 2.86. The average Bonchev–Trinajstić information content (AvgIpc) is 3.16. The van der Waals surface area contributed by atoms with Crippen molar-refractivity contribution >= 4 is 17.3 Å². The van der Waals surface area contributed by atoms with Gasteiger partial charge in [0.25, 0.3) is 0 Å². The highest BCUT2D eigenvalue weighted by atomic mass is 32.1. The number of aromatic carboxylic acids is 1. The molecular formula is C16H21N5O2S. The number of likely N-dealkylation sites (tertiary alicyclic amines) is 1. The number of nitrogens with zero attached hydrogens (tertiary/aromatic N) is 5. The molecule has 3 heterocycles. The van der Waals surface area contributed by atoms with Crippen LogP contribution in [0.3, 0.4) is 0 Å². The normalized spacial score (nSPS) is 22.4. The maximum atomic E-state index is 11.0. The largest absolute Gasteiger partial charge is 0.476 e. The van der Waals surface area contributed by atoms with Crippen LogP contribution in [0.25, 0.3) is 0 Å². The smallest absolute Gasteiger partial charge is 0.358 e. The second-order valence-electron chi connectivity index (χ2n) is 6.71. The Morgan fingerprint density at radius 3 is 2.92 bits per heavy atom. The van der Waals surface area contributed by atoms with Gasteiger partial charge in [0.05, 0.1) is 17.2 Å². The van der Waals surface area contributed by atoms with Crippen LogP contribution in [-0.4, -0.2) is 49.0 Å². The monoisotopic (exact) mass is 347 g/mol. The molecule has 0 bridgehead atoms. The fraction of sp³-hybridized carbons (Fsp3) is 0.625. The quantitative estimate of drug-likeness (QED) is 0.895. The first-order valence-electron chi connectivity index (χ1n) is 8.51. The first-order valence-corrected chi connectivity index (χ1v) is 9.33. The van der Waals surface area contributed by atoms with Crippen LogP contribution in [0.5, 0.6) is 0 Å². The van der Waals surface area contributed by atoms with E-state index in [4.69, 9.17) is 5.11 Å². The molecule has 8 heteroatoms. The molecule has 1 aliphatic heterocycles. The first kappa shape index (κ1) is 15.7. The third-order valence-electron chi connectivity index (χ3n) is 4.99. The molecule has 0 aromatic carbocycles. The molecule has 2 aromatic rings. The van der Waals surface area contributed by atoms with E-state index in [1.807, 2.05) is 17.5 Å². The van der Waals surface area contributed by atoms with Gasteiger partial charge in [-0.1, -0.05) is 11.6 Å². The molecule has 4 rings (SSSR count). The SMILES string of the molecule is O=C(O)c1cn(C2CCCN(Cc3cnc(C4CCC4)s3)C2)nn1. The Morgan fingerprint density at radius 1 is 1.33 bits per heavy atom. The zero-order chi connectivity index (χ0) is 16.5. The summed E-state index contributed by atoms with van der Waals surface area (Å²) in [4.78, 5) is 19.3. The summed E-state index contributed by atoms with van der Waals surface area (Å²) in [6, 6.07) is 0.193. The van der Waals surface area contributed by atoms with Gasteiger partial charge in [-0.3, -0.25) is 4.90 Å². The highest BCUT2D eigenvalue weighted by Gasteiger charge is 2.25. The van der Waals surface area contributed by atoms with Crippen LogP contribution in [0, 0.1) is 0 Å². The molecule has 1 saturated heterocycles. The van der Waals surface area contributed by atoms with E-state index in [0.717, 1.165) is 32.5 Å². The molecule has 2 aromatic heterocycles. The predicted molar refractivity (Wildman–Crippen MR) is 89.2 cm³/mol. The molecule has 1 saturated carbocycles. The Kier molecular flexibility index (Phi) is 4.32. The zero-order valence-electron chi connectivity index (χ0n) is 13.5. The zero-order valence-corrected chi connectivity index (χ0v) is 14.3. The number of aromatic nitrogens is 4. The molecular weight excluding hydrogens is 326 g/mol. The number of carboxylic acids is 1. The predicted octanol–water partition coefficient (Wildman–Crippen LogP) is 2.54. The van der Waals surface area contributed by atoms with Gasteiger partial charge >= 0.3 is 5.97 Å². The van der Waals surface area contributed by atoms with Gasteiger partial charge in [0.15, 0.2) is 5.69 Å². The van der Waals surface area contributed by atoms with E-state index in [2.05, 4.69) is 20.2 Å². The van der Waals surface area contributed by atoms with E-state index in [1.165, 1.54) is 35.3 Å². The summed E-state index contributed by atoms with van der Waals surface area (Å²) in [5, 5.41) is 18.0. The van der Waals surface area contributed by atoms with Crippen LogP contribution in [0.4, 0.5) is 0 Å². The van der Waals surface area contributed by atoms with Crippen molar-refractivity contribution in [3.63, 3.8) is 0 Å². The Labute approximate surface area is 144 Å². The number of rotatable bonds is 5. The van der Waals surface area contributed by atoms with Crippen LogP contribution in [0.1, 0.15) is 64.4 Å². The second kappa shape index (κ2) is 6.60. The third-order valence-corrected chi connectivity index (χ3v) is 6.13. The molecule has 1 atom stereocenters. The summed E-state index contributed by atoms with van der Waals surface area (Å²) >= 11 is 1.85. The van der Waals surface area contributed by atoms with Crippen molar-refractivity contribution < 1.29 is 9.90 Å². The minimum atomic E-state index is -1.03. The van der Waals surface area contributed by atoms with Crippen molar-refractivity contribution in [1.82, 2.24) is 24.9 Å². The van der Waals surface area contributed by atoms with Crippen molar-refractivity contribution in [3.05, 3.63) is 28.0 Å². The van der Waals surface area contributed by atoms with Crippen molar-refractivity contribution in [2.45, 2.75) is 50.6 Å². The topological polar surface area (TPSA) is 84.1 Å². The van der Waals surface area contributed by atoms with Crippen LogP contribution in [0.2, 0.25) is 0 Å². The third kappa shape index (κ3) is 3.21. The lowest BCUT2D eigenvalue weighted by atomic mass is 9.86. The molecule has 24 heavy (non-hydrogen) atoms. The Hall–Kier alpha value is -1.80. The number of hydrogen-bond donors (Lipinski definition) is 1. The number of carbonyl (C=O) groups is 1. The minimum absolute atomic E-state index is 0.0136. The van der Waals surface area contributed by atoms with Crippen molar-refractivity contribution in [2.75, 3.05) is 13.1 Å². The number of piperidine rings is 1. The van der Waals surface area contributed by atoms with Crippen LogP contribution >= 0.6 is 11.3 Å². The lowest BCUT2D eigenvalue weighted by Crippen LogP contribution is -2.36. The van der Waals surface area contributed by atoms with Crippen molar-refractivity contribution in [1.29, 1.82) is 0 Å². The van der Waals surface area contributed by atoms with Gasteiger partial charge in [-0.25, -0.2) is 14.5 Å². The summed E-state index contributed by atoms with van der Waals surface area (Å²) in [5.41, 5.74) is 0.0136. The lowest BCUT2D eigenvalue weighted by molar-refractivity contribution is 0.0690. The van der Waals surface area contributed by atoms with E-state index < -0.39 is 5.97 Å². The summed E-state index contributed by atoms with van der Waals surface area (Å²) in [5.74, 6) is -0.329. The highest BCUT2D eigenvalue weighted by Crippen LogP contribution is 2.38. The summed E-state index contributed by atoms with van der Waals surface area (Å²) in [7, 11) is 0. The highest BCUT2D eigenvalue weighted by molar-refractivity contribution is 7.11. The fourth-order valence-electron chi connectivity index (χ4n) is 3.40. The molecule has 1 N–H and O–H groups in total. The maximum Gasteiger partial charge on any atom is 0.358 e. The van der Waals surface area contributed by atoms with E-state index in [0.29, 0.717) is 5.92 Å². The van der Waals surface area contributed by atoms with E-state index in [9.17, 15) is 4.79 Å². The van der Waals surface area contributed by atoms with Gasteiger partial charge in [0.1, 0.15) is 0 Å². The van der Waals surface area contributed by atoms with E-state index >= 15 is 0 Å². The Bertz CT molecular complexity index is 724. The van der Waals surface area contributed by atoms with E-state index in [1.54, 1.807) is 4.68 Å². The van der Waals surface area contributed by atoms with Gasteiger partial charge in [-0.2, -0.15) is 0 Å².